The Bertz CT molecular complexity index is 425. The van der Waals surface area contributed by atoms with E-state index in [0.29, 0.717) is 22.5 Å². The Balaban J connectivity index is 0.00000162. The van der Waals surface area contributed by atoms with Crippen LogP contribution in [0.2, 0.25) is 0 Å². The van der Waals surface area contributed by atoms with Gasteiger partial charge in [0.1, 0.15) is 5.82 Å². The van der Waals surface area contributed by atoms with Crippen molar-refractivity contribution in [1.29, 1.82) is 0 Å². The SMILES string of the molecule is Cl.O=C(NCC1CCNC1)c1ccc(F)c(Br)c1. The number of nitrogens with one attached hydrogen (secondary N) is 2. The Hall–Kier alpha value is -0.650. The Labute approximate surface area is 120 Å². The number of benzene rings is 1. The molecule has 1 heterocycles. The molecule has 1 aliphatic heterocycles. The smallest absolute Gasteiger partial charge is 0.251 e. The van der Waals surface area contributed by atoms with E-state index in [1.165, 1.54) is 18.2 Å². The highest BCUT2D eigenvalue weighted by molar-refractivity contribution is 9.10. The molecule has 2 rings (SSSR count). The van der Waals surface area contributed by atoms with Gasteiger partial charge in [-0.15, -0.1) is 12.4 Å². The highest BCUT2D eigenvalue weighted by Crippen LogP contribution is 2.16. The molecule has 1 unspecified atom stereocenters. The minimum atomic E-state index is -0.360. The zero-order chi connectivity index (χ0) is 12.3. The zero-order valence-corrected chi connectivity index (χ0v) is 12.1. The molecule has 3 nitrogen and oxygen atoms in total. The molecule has 1 aromatic rings. The molecule has 0 spiro atoms. The number of carbonyl (C=O) groups is 1. The van der Waals surface area contributed by atoms with E-state index in [-0.39, 0.29) is 24.1 Å². The summed E-state index contributed by atoms with van der Waals surface area (Å²) in [6.45, 7) is 2.64. The summed E-state index contributed by atoms with van der Waals surface area (Å²) in [6, 6.07) is 4.27. The summed E-state index contributed by atoms with van der Waals surface area (Å²) in [5.41, 5.74) is 0.476. The van der Waals surface area contributed by atoms with Gasteiger partial charge < -0.3 is 10.6 Å². The second-order valence-corrected chi connectivity index (χ2v) is 5.05. The molecule has 1 amide bonds. The van der Waals surface area contributed by atoms with Crippen LogP contribution in [0.1, 0.15) is 16.8 Å². The number of hydrogen-bond acceptors (Lipinski definition) is 2. The predicted octanol–water partition coefficient (Wildman–Crippen LogP) is 2.35. The van der Waals surface area contributed by atoms with Crippen LogP contribution in [0.25, 0.3) is 0 Å². The maximum absolute atomic E-state index is 13.0. The third-order valence-corrected chi connectivity index (χ3v) is 3.50. The summed E-state index contributed by atoms with van der Waals surface area (Å²) in [7, 11) is 0. The van der Waals surface area contributed by atoms with Gasteiger partial charge in [0.15, 0.2) is 0 Å². The summed E-state index contributed by atoms with van der Waals surface area (Å²) < 4.78 is 13.3. The number of hydrogen-bond donors (Lipinski definition) is 2. The van der Waals surface area contributed by atoms with Crippen molar-refractivity contribution in [3.05, 3.63) is 34.1 Å². The van der Waals surface area contributed by atoms with Gasteiger partial charge in [-0.1, -0.05) is 0 Å². The molecule has 1 saturated heterocycles. The average molecular weight is 338 g/mol. The molecule has 1 fully saturated rings. The first-order chi connectivity index (χ1) is 8.16. The predicted molar refractivity (Wildman–Crippen MR) is 74.7 cm³/mol. The van der Waals surface area contributed by atoms with Gasteiger partial charge in [0.05, 0.1) is 4.47 Å². The van der Waals surface area contributed by atoms with Crippen LogP contribution < -0.4 is 10.6 Å². The molecule has 18 heavy (non-hydrogen) atoms. The first-order valence-electron chi connectivity index (χ1n) is 5.61. The third kappa shape index (κ3) is 3.93. The van der Waals surface area contributed by atoms with Crippen LogP contribution in [-0.2, 0) is 0 Å². The van der Waals surface area contributed by atoms with E-state index in [9.17, 15) is 9.18 Å². The molecule has 0 aliphatic carbocycles. The van der Waals surface area contributed by atoms with Crippen molar-refractivity contribution < 1.29 is 9.18 Å². The number of halogens is 3. The molecule has 1 aliphatic rings. The number of amides is 1. The van der Waals surface area contributed by atoms with Gasteiger partial charge >= 0.3 is 0 Å². The van der Waals surface area contributed by atoms with E-state index >= 15 is 0 Å². The second kappa shape index (κ2) is 7.07. The monoisotopic (exact) mass is 336 g/mol. The van der Waals surface area contributed by atoms with Crippen LogP contribution >= 0.6 is 28.3 Å². The van der Waals surface area contributed by atoms with Gasteiger partial charge in [-0.05, 0) is 59.6 Å². The molecule has 2 N–H and O–H groups in total. The average Bonchev–Trinajstić information content (AvgIpc) is 2.82. The Morgan fingerprint density at radius 3 is 2.94 bits per heavy atom. The first-order valence-corrected chi connectivity index (χ1v) is 6.40. The normalized spacial score (nSPS) is 18.2. The van der Waals surface area contributed by atoms with E-state index in [4.69, 9.17) is 0 Å². The van der Waals surface area contributed by atoms with Gasteiger partial charge in [-0.3, -0.25) is 4.79 Å². The molecule has 0 bridgehead atoms. The van der Waals surface area contributed by atoms with Crippen LogP contribution in [0.15, 0.2) is 22.7 Å². The molecular formula is C12H15BrClFN2O. The summed E-state index contributed by atoms with van der Waals surface area (Å²) in [5, 5.41) is 6.11. The van der Waals surface area contributed by atoms with Crippen molar-refractivity contribution in [2.24, 2.45) is 5.92 Å². The topological polar surface area (TPSA) is 41.1 Å². The lowest BCUT2D eigenvalue weighted by atomic mass is 10.1. The maximum atomic E-state index is 13.0. The summed E-state index contributed by atoms with van der Waals surface area (Å²) in [6.07, 6.45) is 1.09. The van der Waals surface area contributed by atoms with Crippen LogP contribution in [-0.4, -0.2) is 25.5 Å². The molecule has 6 heteroatoms. The van der Waals surface area contributed by atoms with Gasteiger partial charge in [-0.25, -0.2) is 4.39 Å². The largest absolute Gasteiger partial charge is 0.352 e. The number of rotatable bonds is 3. The van der Waals surface area contributed by atoms with Crippen LogP contribution in [0, 0.1) is 11.7 Å². The van der Waals surface area contributed by atoms with E-state index < -0.39 is 0 Å². The molecule has 1 aromatic carbocycles. The van der Waals surface area contributed by atoms with Gasteiger partial charge in [0.2, 0.25) is 0 Å². The van der Waals surface area contributed by atoms with Gasteiger partial charge in [0, 0.05) is 12.1 Å². The van der Waals surface area contributed by atoms with Crippen molar-refractivity contribution in [2.75, 3.05) is 19.6 Å². The van der Waals surface area contributed by atoms with Gasteiger partial charge in [-0.2, -0.15) is 0 Å². The summed E-state index contributed by atoms with van der Waals surface area (Å²) in [4.78, 5) is 11.8. The van der Waals surface area contributed by atoms with Crippen molar-refractivity contribution in [3.8, 4) is 0 Å². The standard InChI is InChI=1S/C12H14BrFN2O.ClH/c13-10-5-9(1-2-11(10)14)12(17)16-7-8-3-4-15-6-8;/h1-2,5,8,15H,3-4,6-7H2,(H,16,17);1H. The third-order valence-electron chi connectivity index (χ3n) is 2.90. The first kappa shape index (κ1) is 15.4. The van der Waals surface area contributed by atoms with Crippen LogP contribution in [0.3, 0.4) is 0 Å². The van der Waals surface area contributed by atoms with Crippen LogP contribution in [0.5, 0.6) is 0 Å². The highest BCUT2D eigenvalue weighted by atomic mass is 79.9. The summed E-state index contributed by atoms with van der Waals surface area (Å²) in [5.74, 6) is -0.0121. The fourth-order valence-corrected chi connectivity index (χ4v) is 2.24. The van der Waals surface area contributed by atoms with E-state index in [2.05, 4.69) is 26.6 Å². The minimum absolute atomic E-state index is 0. The van der Waals surface area contributed by atoms with Crippen molar-refractivity contribution >= 4 is 34.2 Å². The fourth-order valence-electron chi connectivity index (χ4n) is 1.87. The lowest BCUT2D eigenvalue weighted by molar-refractivity contribution is 0.0948. The van der Waals surface area contributed by atoms with E-state index in [1.807, 2.05) is 0 Å². The number of carbonyl (C=O) groups excluding carboxylic acids is 1. The van der Waals surface area contributed by atoms with Gasteiger partial charge in [0.25, 0.3) is 5.91 Å². The molecular weight excluding hydrogens is 322 g/mol. The highest BCUT2D eigenvalue weighted by Gasteiger charge is 2.16. The van der Waals surface area contributed by atoms with Crippen molar-refractivity contribution in [2.45, 2.75) is 6.42 Å². The zero-order valence-electron chi connectivity index (χ0n) is 9.71. The molecule has 0 aromatic heterocycles. The lowest BCUT2D eigenvalue weighted by Crippen LogP contribution is -2.30. The quantitative estimate of drug-likeness (QED) is 0.889. The maximum Gasteiger partial charge on any atom is 0.251 e. The Kier molecular flexibility index (Phi) is 6.05. The Morgan fingerprint density at radius 2 is 2.33 bits per heavy atom. The fraction of sp³-hybridized carbons (Fsp3) is 0.417. The second-order valence-electron chi connectivity index (χ2n) is 4.20. The van der Waals surface area contributed by atoms with Crippen LogP contribution in [0.4, 0.5) is 4.39 Å². The lowest BCUT2D eigenvalue weighted by Gasteiger charge is -2.10. The van der Waals surface area contributed by atoms with Crippen molar-refractivity contribution in [1.82, 2.24) is 10.6 Å². The molecule has 1 atom stereocenters. The molecule has 0 radical (unpaired) electrons. The summed E-state index contributed by atoms with van der Waals surface area (Å²) >= 11 is 3.07. The molecule has 100 valence electrons. The minimum Gasteiger partial charge on any atom is -0.352 e. The molecule has 0 saturated carbocycles. The van der Waals surface area contributed by atoms with E-state index in [1.54, 1.807) is 0 Å². The van der Waals surface area contributed by atoms with E-state index in [0.717, 1.165) is 19.5 Å². The van der Waals surface area contributed by atoms with Crippen molar-refractivity contribution in [3.63, 3.8) is 0 Å². The Morgan fingerprint density at radius 1 is 1.56 bits per heavy atom.